The van der Waals surface area contributed by atoms with Gasteiger partial charge in [-0.15, -0.1) is 5.11 Å². The predicted octanol–water partition coefficient (Wildman–Crippen LogP) is 5.73. The first-order valence-corrected chi connectivity index (χ1v) is 12.4. The van der Waals surface area contributed by atoms with Gasteiger partial charge in [-0.25, -0.2) is 0 Å². The van der Waals surface area contributed by atoms with Gasteiger partial charge in [0, 0.05) is 30.8 Å². The van der Waals surface area contributed by atoms with E-state index in [0.29, 0.717) is 30.8 Å². The summed E-state index contributed by atoms with van der Waals surface area (Å²) in [5, 5.41) is 37.2. The number of nitro benzene ring substituents is 1. The number of hydrogen-bond donors (Lipinski definition) is 2. The van der Waals surface area contributed by atoms with Crippen molar-refractivity contribution in [3.8, 4) is 0 Å². The number of non-ortho nitro benzene ring substituents is 1. The summed E-state index contributed by atoms with van der Waals surface area (Å²) in [5.74, 6) is -0.220. The molecule has 2 rings (SSSR count). The minimum Gasteiger partial charge on any atom is -0.464 e. The third kappa shape index (κ3) is 10.3. The molecule has 0 bridgehead atoms. The largest absolute Gasteiger partial charge is 0.464 e. The van der Waals surface area contributed by atoms with Crippen molar-refractivity contribution < 1.29 is 24.7 Å². The van der Waals surface area contributed by atoms with E-state index >= 15 is 0 Å². The van der Waals surface area contributed by atoms with E-state index in [1.165, 1.54) is 18.2 Å². The van der Waals surface area contributed by atoms with Gasteiger partial charge >= 0.3 is 5.97 Å². The summed E-state index contributed by atoms with van der Waals surface area (Å²) in [6.45, 7) is 3.38. The zero-order valence-electron chi connectivity index (χ0n) is 20.4. The van der Waals surface area contributed by atoms with Crippen molar-refractivity contribution in [2.24, 2.45) is 10.2 Å². The molecule has 0 radical (unpaired) electrons. The number of anilines is 1. The Morgan fingerprint density at radius 3 is 2.50 bits per heavy atom. The van der Waals surface area contributed by atoms with Gasteiger partial charge in [-0.3, -0.25) is 14.9 Å². The summed E-state index contributed by atoms with van der Waals surface area (Å²) < 4.78 is 5.36. The van der Waals surface area contributed by atoms with E-state index in [2.05, 4.69) is 15.1 Å². The van der Waals surface area contributed by atoms with Crippen LogP contribution >= 0.6 is 11.6 Å². The van der Waals surface area contributed by atoms with Crippen LogP contribution in [0.2, 0.25) is 5.02 Å². The Balaban J connectivity index is 1.75. The van der Waals surface area contributed by atoms with Crippen LogP contribution in [0, 0.1) is 10.1 Å². The molecule has 0 heterocycles. The van der Waals surface area contributed by atoms with Crippen LogP contribution in [0.1, 0.15) is 45.4 Å². The standard InChI is InChI=1S/C25H33ClN4O6/c1-2-29(15-16-36-25(33)8-6-4-3-5-7-22(32)18-31)20-11-9-19(10-12-20)27-28-24-14-13-21(30(34)35)17-23(24)26/h9-14,17,22,31-32H,2-8,15-16,18H2,1H3. The molecule has 0 fully saturated rings. The van der Waals surface area contributed by atoms with Crippen LogP contribution in [-0.4, -0.2) is 53.5 Å². The van der Waals surface area contributed by atoms with Crippen molar-refractivity contribution in [3.63, 3.8) is 0 Å². The van der Waals surface area contributed by atoms with Gasteiger partial charge in [0.05, 0.1) is 34.9 Å². The first kappa shape index (κ1) is 29.2. The van der Waals surface area contributed by atoms with Gasteiger partial charge in [0.2, 0.25) is 0 Å². The van der Waals surface area contributed by atoms with Gasteiger partial charge in [-0.05, 0) is 50.1 Å². The van der Waals surface area contributed by atoms with E-state index in [1.54, 1.807) is 12.1 Å². The molecule has 0 aliphatic carbocycles. The van der Waals surface area contributed by atoms with E-state index in [1.807, 2.05) is 19.1 Å². The van der Waals surface area contributed by atoms with Gasteiger partial charge in [0.15, 0.2) is 0 Å². The lowest BCUT2D eigenvalue weighted by atomic mass is 10.1. The number of carbonyl (C=O) groups excluding carboxylic acids is 1. The number of rotatable bonds is 16. The predicted molar refractivity (Wildman–Crippen MR) is 138 cm³/mol. The first-order valence-electron chi connectivity index (χ1n) is 12.0. The monoisotopic (exact) mass is 520 g/mol. The van der Waals surface area contributed by atoms with E-state index < -0.39 is 11.0 Å². The molecule has 0 spiro atoms. The van der Waals surface area contributed by atoms with E-state index in [9.17, 15) is 20.0 Å². The van der Waals surface area contributed by atoms with Crippen LogP contribution in [0.5, 0.6) is 0 Å². The fourth-order valence-corrected chi connectivity index (χ4v) is 3.65. The number of aliphatic hydroxyl groups excluding tert-OH is 2. The van der Waals surface area contributed by atoms with Crippen LogP contribution in [0.3, 0.4) is 0 Å². The summed E-state index contributed by atoms with van der Waals surface area (Å²) in [5.41, 5.74) is 1.77. The molecule has 0 amide bonds. The van der Waals surface area contributed by atoms with Crippen LogP contribution in [0.15, 0.2) is 52.7 Å². The van der Waals surface area contributed by atoms with Crippen molar-refractivity contribution >= 4 is 40.3 Å². The molecule has 0 aliphatic heterocycles. The molecule has 196 valence electrons. The lowest BCUT2D eigenvalue weighted by Gasteiger charge is -2.23. The number of aliphatic hydroxyl groups is 2. The summed E-state index contributed by atoms with van der Waals surface area (Å²) in [6.07, 6.45) is 3.65. The van der Waals surface area contributed by atoms with Gasteiger partial charge in [0.25, 0.3) is 5.69 Å². The Morgan fingerprint density at radius 2 is 1.86 bits per heavy atom. The molecule has 36 heavy (non-hydrogen) atoms. The molecular weight excluding hydrogens is 488 g/mol. The van der Waals surface area contributed by atoms with Crippen LogP contribution < -0.4 is 4.90 Å². The smallest absolute Gasteiger partial charge is 0.305 e. The number of nitrogens with zero attached hydrogens (tertiary/aromatic N) is 4. The number of benzene rings is 2. The number of carbonyl (C=O) groups is 1. The Morgan fingerprint density at radius 1 is 1.14 bits per heavy atom. The quantitative estimate of drug-likeness (QED) is 0.0947. The SMILES string of the molecule is CCN(CCOC(=O)CCCCCCC(O)CO)c1ccc(N=Nc2ccc([N+](=O)[O-])cc2Cl)cc1. The highest BCUT2D eigenvalue weighted by atomic mass is 35.5. The first-order chi connectivity index (χ1) is 17.3. The van der Waals surface area contributed by atoms with Gasteiger partial charge in [-0.2, -0.15) is 5.11 Å². The zero-order chi connectivity index (χ0) is 26.3. The normalized spacial score (nSPS) is 12.0. The highest BCUT2D eigenvalue weighted by molar-refractivity contribution is 6.33. The number of nitro groups is 1. The van der Waals surface area contributed by atoms with E-state index in [4.69, 9.17) is 21.4 Å². The zero-order valence-corrected chi connectivity index (χ0v) is 21.1. The molecule has 1 atom stereocenters. The summed E-state index contributed by atoms with van der Waals surface area (Å²) in [6, 6.07) is 11.4. The summed E-state index contributed by atoms with van der Waals surface area (Å²) in [4.78, 5) is 24.3. The summed E-state index contributed by atoms with van der Waals surface area (Å²) >= 11 is 6.04. The lowest BCUT2D eigenvalue weighted by Crippen LogP contribution is -2.27. The number of esters is 1. The fourth-order valence-electron chi connectivity index (χ4n) is 3.44. The Kier molecular flexibility index (Phi) is 12.8. The fraction of sp³-hybridized carbons (Fsp3) is 0.480. The number of ether oxygens (including phenoxy) is 1. The minimum absolute atomic E-state index is 0.111. The number of halogens is 1. The van der Waals surface area contributed by atoms with Crippen LogP contribution in [0.4, 0.5) is 22.7 Å². The van der Waals surface area contributed by atoms with Gasteiger partial charge < -0.3 is 19.8 Å². The van der Waals surface area contributed by atoms with Crippen molar-refractivity contribution in [1.29, 1.82) is 0 Å². The molecule has 2 aromatic rings. The van der Waals surface area contributed by atoms with E-state index in [0.717, 1.165) is 37.9 Å². The Labute approximate surface area is 215 Å². The average Bonchev–Trinajstić information content (AvgIpc) is 2.88. The number of unbranched alkanes of at least 4 members (excludes halogenated alkanes) is 3. The molecular formula is C25H33ClN4O6. The van der Waals surface area contributed by atoms with Crippen molar-refractivity contribution in [2.45, 2.75) is 51.6 Å². The number of azo groups is 1. The third-order valence-corrected chi connectivity index (χ3v) is 5.82. The lowest BCUT2D eigenvalue weighted by molar-refractivity contribution is -0.384. The molecule has 0 saturated heterocycles. The second-order valence-corrected chi connectivity index (χ2v) is 8.61. The highest BCUT2D eigenvalue weighted by Gasteiger charge is 2.10. The third-order valence-electron chi connectivity index (χ3n) is 5.52. The van der Waals surface area contributed by atoms with Gasteiger partial charge in [0.1, 0.15) is 12.3 Å². The van der Waals surface area contributed by atoms with Crippen LogP contribution in [0.25, 0.3) is 0 Å². The van der Waals surface area contributed by atoms with Gasteiger partial charge in [-0.1, -0.05) is 30.9 Å². The summed E-state index contributed by atoms with van der Waals surface area (Å²) in [7, 11) is 0. The second kappa shape index (κ2) is 15.8. The molecule has 0 aliphatic rings. The number of hydrogen-bond acceptors (Lipinski definition) is 9. The topological polar surface area (TPSA) is 138 Å². The molecule has 11 heteroatoms. The highest BCUT2D eigenvalue weighted by Crippen LogP contribution is 2.30. The molecule has 1 unspecified atom stereocenters. The van der Waals surface area contributed by atoms with Crippen LogP contribution in [-0.2, 0) is 9.53 Å². The average molecular weight is 521 g/mol. The maximum Gasteiger partial charge on any atom is 0.305 e. The molecule has 0 saturated carbocycles. The molecule has 10 nitrogen and oxygen atoms in total. The van der Waals surface area contributed by atoms with Crippen molar-refractivity contribution in [3.05, 3.63) is 57.6 Å². The van der Waals surface area contributed by atoms with Crippen molar-refractivity contribution in [2.75, 3.05) is 31.2 Å². The second-order valence-electron chi connectivity index (χ2n) is 8.20. The number of likely N-dealkylation sites (N-methyl/N-ethyl adjacent to an activating group) is 1. The Hall–Kier alpha value is -3.08. The minimum atomic E-state index is -0.654. The molecule has 2 aromatic carbocycles. The maximum atomic E-state index is 12.0. The van der Waals surface area contributed by atoms with Crippen molar-refractivity contribution in [1.82, 2.24) is 0 Å². The molecule has 2 N–H and O–H groups in total. The maximum absolute atomic E-state index is 12.0. The molecule has 0 aromatic heterocycles. The van der Waals surface area contributed by atoms with E-state index in [-0.39, 0.29) is 29.9 Å². The Bertz CT molecular complexity index is 1000.